The lowest BCUT2D eigenvalue weighted by Gasteiger charge is -2.19. The van der Waals surface area contributed by atoms with Crippen LogP contribution in [0.4, 0.5) is 0 Å². The third-order valence-corrected chi connectivity index (χ3v) is 3.06. The molecule has 2 fully saturated rings. The van der Waals surface area contributed by atoms with Crippen LogP contribution in [0.15, 0.2) is 4.99 Å². The molecular formula is C11H21N3O. The fourth-order valence-electron chi connectivity index (χ4n) is 2.12. The van der Waals surface area contributed by atoms with Crippen LogP contribution in [0.5, 0.6) is 0 Å². The van der Waals surface area contributed by atoms with Gasteiger partial charge in [0.1, 0.15) is 0 Å². The van der Waals surface area contributed by atoms with Crippen molar-refractivity contribution in [1.82, 2.24) is 5.32 Å². The molecule has 2 aliphatic rings. The van der Waals surface area contributed by atoms with Crippen molar-refractivity contribution in [1.29, 1.82) is 0 Å². The molecule has 0 aromatic carbocycles. The highest BCUT2D eigenvalue weighted by atomic mass is 16.5. The normalized spacial score (nSPS) is 31.9. The molecule has 1 saturated heterocycles. The van der Waals surface area contributed by atoms with E-state index in [2.05, 4.69) is 17.2 Å². The molecule has 0 amide bonds. The van der Waals surface area contributed by atoms with Gasteiger partial charge in [-0.1, -0.05) is 6.92 Å². The second-order valence-electron chi connectivity index (χ2n) is 4.48. The molecule has 2 unspecified atom stereocenters. The van der Waals surface area contributed by atoms with Crippen molar-refractivity contribution in [2.75, 3.05) is 13.2 Å². The van der Waals surface area contributed by atoms with Gasteiger partial charge in [0.05, 0.1) is 12.1 Å². The quantitative estimate of drug-likeness (QED) is 0.536. The Hall–Kier alpha value is -0.770. The first-order valence-electron chi connectivity index (χ1n) is 5.99. The number of nitrogens with zero attached hydrogens (tertiary/aromatic N) is 1. The van der Waals surface area contributed by atoms with Crippen molar-refractivity contribution in [2.45, 2.75) is 44.8 Å². The topological polar surface area (TPSA) is 59.6 Å². The van der Waals surface area contributed by atoms with E-state index in [9.17, 15) is 0 Å². The van der Waals surface area contributed by atoms with Crippen LogP contribution in [0.2, 0.25) is 0 Å². The summed E-state index contributed by atoms with van der Waals surface area (Å²) < 4.78 is 5.72. The minimum atomic E-state index is 0.375. The van der Waals surface area contributed by atoms with Gasteiger partial charge < -0.3 is 15.8 Å². The Balaban J connectivity index is 1.81. The average molecular weight is 211 g/mol. The van der Waals surface area contributed by atoms with Crippen LogP contribution in [0.3, 0.4) is 0 Å². The SMILES string of the molecule is CCCN=C(N)NC1CCOC1C1CC1. The molecule has 86 valence electrons. The van der Waals surface area contributed by atoms with Crippen LogP contribution >= 0.6 is 0 Å². The number of ether oxygens (including phenoxy) is 1. The highest BCUT2D eigenvalue weighted by molar-refractivity contribution is 5.78. The van der Waals surface area contributed by atoms with Crippen LogP contribution in [0.1, 0.15) is 32.6 Å². The van der Waals surface area contributed by atoms with E-state index >= 15 is 0 Å². The van der Waals surface area contributed by atoms with Gasteiger partial charge in [-0.15, -0.1) is 0 Å². The number of hydrogen-bond acceptors (Lipinski definition) is 2. The van der Waals surface area contributed by atoms with E-state index in [0.717, 1.165) is 31.9 Å². The lowest BCUT2D eigenvalue weighted by molar-refractivity contribution is 0.0842. The van der Waals surface area contributed by atoms with Crippen LogP contribution in [0.25, 0.3) is 0 Å². The average Bonchev–Trinajstić information content (AvgIpc) is 2.97. The van der Waals surface area contributed by atoms with Gasteiger partial charge in [0, 0.05) is 13.2 Å². The largest absolute Gasteiger partial charge is 0.376 e. The fourth-order valence-corrected chi connectivity index (χ4v) is 2.12. The predicted molar refractivity (Wildman–Crippen MR) is 60.8 cm³/mol. The second kappa shape index (κ2) is 4.84. The Bertz CT molecular complexity index is 238. The molecule has 1 aliphatic heterocycles. The monoisotopic (exact) mass is 211 g/mol. The smallest absolute Gasteiger partial charge is 0.188 e. The van der Waals surface area contributed by atoms with Crippen molar-refractivity contribution >= 4 is 5.96 Å². The zero-order valence-corrected chi connectivity index (χ0v) is 9.41. The summed E-state index contributed by atoms with van der Waals surface area (Å²) >= 11 is 0. The maximum absolute atomic E-state index is 5.81. The van der Waals surface area contributed by atoms with Crippen molar-refractivity contribution in [3.05, 3.63) is 0 Å². The number of nitrogens with two attached hydrogens (primary N) is 1. The molecular weight excluding hydrogens is 190 g/mol. The van der Waals surface area contributed by atoms with Gasteiger partial charge in [0.15, 0.2) is 5.96 Å². The number of nitrogens with one attached hydrogen (secondary N) is 1. The summed E-state index contributed by atoms with van der Waals surface area (Å²) in [5, 5.41) is 3.29. The first-order valence-corrected chi connectivity index (χ1v) is 5.99. The summed E-state index contributed by atoms with van der Waals surface area (Å²) in [7, 11) is 0. The Morgan fingerprint density at radius 2 is 2.27 bits per heavy atom. The van der Waals surface area contributed by atoms with Crippen LogP contribution < -0.4 is 11.1 Å². The fraction of sp³-hybridized carbons (Fsp3) is 0.909. The van der Waals surface area contributed by atoms with Crippen LogP contribution in [0, 0.1) is 5.92 Å². The molecule has 0 radical (unpaired) electrons. The molecule has 0 spiro atoms. The number of rotatable bonds is 4. The zero-order valence-electron chi connectivity index (χ0n) is 9.41. The summed E-state index contributed by atoms with van der Waals surface area (Å²) in [6.07, 6.45) is 5.10. The molecule has 1 saturated carbocycles. The Kier molecular flexibility index (Phi) is 3.46. The number of guanidine groups is 1. The minimum absolute atomic E-state index is 0.375. The second-order valence-corrected chi connectivity index (χ2v) is 4.48. The lowest BCUT2D eigenvalue weighted by atomic mass is 10.1. The Morgan fingerprint density at radius 3 is 2.93 bits per heavy atom. The third-order valence-electron chi connectivity index (χ3n) is 3.06. The zero-order chi connectivity index (χ0) is 10.7. The van der Waals surface area contributed by atoms with Crippen molar-refractivity contribution in [3.63, 3.8) is 0 Å². The minimum Gasteiger partial charge on any atom is -0.376 e. The molecule has 0 aromatic heterocycles. The van der Waals surface area contributed by atoms with E-state index in [-0.39, 0.29) is 0 Å². The summed E-state index contributed by atoms with van der Waals surface area (Å²) in [6.45, 7) is 3.77. The predicted octanol–water partition coefficient (Wildman–Crippen LogP) is 0.868. The molecule has 15 heavy (non-hydrogen) atoms. The van der Waals surface area contributed by atoms with Crippen molar-refractivity contribution < 1.29 is 4.74 Å². The maximum Gasteiger partial charge on any atom is 0.188 e. The van der Waals surface area contributed by atoms with Gasteiger partial charge in [0.2, 0.25) is 0 Å². The van der Waals surface area contributed by atoms with E-state index in [1.54, 1.807) is 0 Å². The number of hydrogen-bond donors (Lipinski definition) is 2. The van der Waals surface area contributed by atoms with Gasteiger partial charge >= 0.3 is 0 Å². The van der Waals surface area contributed by atoms with E-state index < -0.39 is 0 Å². The van der Waals surface area contributed by atoms with Crippen molar-refractivity contribution in [3.8, 4) is 0 Å². The van der Waals surface area contributed by atoms with Gasteiger partial charge in [-0.05, 0) is 31.6 Å². The van der Waals surface area contributed by atoms with Gasteiger partial charge in [-0.25, -0.2) is 0 Å². The lowest BCUT2D eigenvalue weighted by Crippen LogP contribution is -2.45. The molecule has 1 heterocycles. The van der Waals surface area contributed by atoms with E-state index in [0.29, 0.717) is 18.1 Å². The molecule has 4 nitrogen and oxygen atoms in total. The Morgan fingerprint density at radius 1 is 1.47 bits per heavy atom. The summed E-state index contributed by atoms with van der Waals surface area (Å²) in [6, 6.07) is 0.387. The molecule has 3 N–H and O–H groups in total. The maximum atomic E-state index is 5.81. The standard InChI is InChI=1S/C11H21N3O/c1-2-6-13-11(12)14-9-5-7-15-10(9)8-3-4-8/h8-10H,2-7H2,1H3,(H3,12,13,14). The highest BCUT2D eigenvalue weighted by Crippen LogP contribution is 2.38. The molecule has 2 atom stereocenters. The van der Waals surface area contributed by atoms with E-state index in [4.69, 9.17) is 10.5 Å². The van der Waals surface area contributed by atoms with Gasteiger partial charge in [0.25, 0.3) is 0 Å². The molecule has 1 aliphatic carbocycles. The van der Waals surface area contributed by atoms with Crippen LogP contribution in [-0.4, -0.2) is 31.3 Å². The van der Waals surface area contributed by atoms with E-state index in [1.165, 1.54) is 12.8 Å². The molecule has 0 bridgehead atoms. The highest BCUT2D eigenvalue weighted by Gasteiger charge is 2.40. The summed E-state index contributed by atoms with van der Waals surface area (Å²) in [5.41, 5.74) is 5.81. The molecule has 4 heteroatoms. The summed E-state index contributed by atoms with van der Waals surface area (Å²) in [4.78, 5) is 4.25. The third kappa shape index (κ3) is 2.84. The molecule has 2 rings (SSSR count). The number of aliphatic imine (C=N–C) groups is 1. The van der Waals surface area contributed by atoms with Gasteiger partial charge in [-0.3, -0.25) is 4.99 Å². The Labute approximate surface area is 91.3 Å². The molecule has 0 aromatic rings. The van der Waals surface area contributed by atoms with E-state index in [1.807, 2.05) is 0 Å². The van der Waals surface area contributed by atoms with Crippen molar-refractivity contribution in [2.24, 2.45) is 16.6 Å². The first-order chi connectivity index (χ1) is 7.31. The van der Waals surface area contributed by atoms with Gasteiger partial charge in [-0.2, -0.15) is 0 Å². The first kappa shape index (κ1) is 10.7. The summed E-state index contributed by atoms with van der Waals surface area (Å²) in [5.74, 6) is 1.35. The van der Waals surface area contributed by atoms with Crippen LogP contribution in [-0.2, 0) is 4.74 Å².